The van der Waals surface area contributed by atoms with Crippen molar-refractivity contribution in [3.05, 3.63) is 57.3 Å². The molecule has 1 aromatic carbocycles. The minimum atomic E-state index is -1.67. The second-order valence-electron chi connectivity index (χ2n) is 5.65. The van der Waals surface area contributed by atoms with Crippen LogP contribution in [0.15, 0.2) is 35.8 Å². The standard InChI is InChI=1S/C15H12Cl3F2N3O3/c1-14(25-13(20)12(18)19)6-24-15(26-14,5-11-21-7-22-23-11)9-3-2-8(16)4-10(9)17/h2-4,7H,5-6H2,1H3,(H,21,22,23). The summed E-state index contributed by atoms with van der Waals surface area (Å²) in [6, 6.07) is 3.08. The number of aromatic nitrogens is 3. The minimum absolute atomic E-state index is 0.0436. The van der Waals surface area contributed by atoms with Crippen molar-refractivity contribution in [1.82, 2.24) is 15.2 Å². The molecule has 1 aliphatic rings. The SMILES string of the molecule is CC1(OC(F)=C(F)Cl)COC(Cc2ncn[nH]2)(c2ccc(Cl)cc2Cl)O1. The van der Waals surface area contributed by atoms with Gasteiger partial charge >= 0.3 is 6.01 Å². The van der Waals surface area contributed by atoms with E-state index < -0.39 is 22.9 Å². The summed E-state index contributed by atoms with van der Waals surface area (Å²) in [7, 11) is 0. The lowest BCUT2D eigenvalue weighted by Crippen LogP contribution is -2.37. The second kappa shape index (κ2) is 7.28. The molecule has 6 nitrogen and oxygen atoms in total. The number of nitrogens with zero attached hydrogens (tertiary/aromatic N) is 2. The fourth-order valence-corrected chi connectivity index (χ4v) is 3.17. The molecule has 1 saturated heterocycles. The molecule has 2 atom stereocenters. The highest BCUT2D eigenvalue weighted by Gasteiger charge is 2.53. The number of aromatic amines is 1. The van der Waals surface area contributed by atoms with Crippen LogP contribution in [-0.4, -0.2) is 27.6 Å². The number of H-pyrrole nitrogens is 1. The van der Waals surface area contributed by atoms with E-state index in [1.54, 1.807) is 12.1 Å². The summed E-state index contributed by atoms with van der Waals surface area (Å²) in [6.07, 6.45) is 1.35. The largest absolute Gasteiger partial charge is 0.433 e. The van der Waals surface area contributed by atoms with Gasteiger partial charge in [0.2, 0.25) is 11.6 Å². The van der Waals surface area contributed by atoms with Gasteiger partial charge in [-0.15, -0.1) is 0 Å². The summed E-state index contributed by atoms with van der Waals surface area (Å²) in [4.78, 5) is 4.03. The first kappa shape index (κ1) is 19.3. The Morgan fingerprint density at radius 3 is 2.77 bits per heavy atom. The third kappa shape index (κ3) is 3.94. The molecule has 1 aliphatic heterocycles. The molecule has 1 N–H and O–H groups in total. The van der Waals surface area contributed by atoms with E-state index in [2.05, 4.69) is 15.2 Å². The summed E-state index contributed by atoms with van der Waals surface area (Å²) < 4.78 is 42.9. The van der Waals surface area contributed by atoms with Crippen molar-refractivity contribution in [2.75, 3.05) is 6.61 Å². The number of rotatable bonds is 5. The summed E-state index contributed by atoms with van der Waals surface area (Å²) in [5, 5.41) is 5.47. The Labute approximate surface area is 162 Å². The Morgan fingerprint density at radius 1 is 1.38 bits per heavy atom. The van der Waals surface area contributed by atoms with Gasteiger partial charge in [0.25, 0.3) is 5.29 Å². The topological polar surface area (TPSA) is 69.3 Å². The van der Waals surface area contributed by atoms with Crippen LogP contribution >= 0.6 is 34.8 Å². The van der Waals surface area contributed by atoms with E-state index in [-0.39, 0.29) is 18.1 Å². The van der Waals surface area contributed by atoms with Crippen LogP contribution in [-0.2, 0) is 26.4 Å². The maximum Gasteiger partial charge on any atom is 0.323 e. The van der Waals surface area contributed by atoms with Crippen LogP contribution in [0.3, 0.4) is 0 Å². The zero-order chi connectivity index (χ0) is 18.9. The zero-order valence-corrected chi connectivity index (χ0v) is 15.5. The first-order valence-electron chi connectivity index (χ1n) is 7.27. The lowest BCUT2D eigenvalue weighted by atomic mass is 10.0. The Kier molecular flexibility index (Phi) is 5.41. The first-order valence-corrected chi connectivity index (χ1v) is 8.40. The summed E-state index contributed by atoms with van der Waals surface area (Å²) in [5.41, 5.74) is 0.406. The third-order valence-electron chi connectivity index (χ3n) is 3.61. The zero-order valence-electron chi connectivity index (χ0n) is 13.2. The normalized spacial score (nSPS) is 26.7. The van der Waals surface area contributed by atoms with Crippen molar-refractivity contribution >= 4 is 34.8 Å². The van der Waals surface area contributed by atoms with Crippen LogP contribution in [0.1, 0.15) is 18.3 Å². The van der Waals surface area contributed by atoms with E-state index in [0.29, 0.717) is 16.4 Å². The Hall–Kier alpha value is -1.45. The third-order valence-corrected chi connectivity index (χ3v) is 4.31. The molecule has 140 valence electrons. The van der Waals surface area contributed by atoms with E-state index in [1.165, 1.54) is 19.3 Å². The average Bonchev–Trinajstić information content (AvgIpc) is 3.16. The Balaban J connectivity index is 1.99. The number of hydrogen-bond donors (Lipinski definition) is 1. The predicted molar refractivity (Wildman–Crippen MR) is 89.8 cm³/mol. The fraction of sp³-hybridized carbons (Fsp3) is 0.333. The summed E-state index contributed by atoms with van der Waals surface area (Å²) in [6.45, 7) is 1.13. The molecular formula is C15H12Cl3F2N3O3. The molecule has 1 fully saturated rings. The molecule has 11 heteroatoms. The molecule has 0 amide bonds. The van der Waals surface area contributed by atoms with E-state index in [1.807, 2.05) is 0 Å². The van der Waals surface area contributed by atoms with Crippen molar-refractivity contribution in [3.63, 3.8) is 0 Å². The van der Waals surface area contributed by atoms with Crippen molar-refractivity contribution in [1.29, 1.82) is 0 Å². The van der Waals surface area contributed by atoms with E-state index >= 15 is 0 Å². The molecule has 0 spiro atoms. The number of ether oxygens (including phenoxy) is 3. The maximum absolute atomic E-state index is 13.5. The van der Waals surface area contributed by atoms with Crippen molar-refractivity contribution in [2.45, 2.75) is 24.9 Å². The van der Waals surface area contributed by atoms with Gasteiger partial charge in [-0.3, -0.25) is 5.10 Å². The monoisotopic (exact) mass is 425 g/mol. The van der Waals surface area contributed by atoms with Crippen LogP contribution in [0, 0.1) is 0 Å². The van der Waals surface area contributed by atoms with Gasteiger partial charge in [-0.05, 0) is 23.7 Å². The molecule has 0 radical (unpaired) electrons. The van der Waals surface area contributed by atoms with E-state index in [4.69, 9.17) is 49.0 Å². The Morgan fingerprint density at radius 2 is 2.15 bits per heavy atom. The smallest absolute Gasteiger partial charge is 0.323 e. The predicted octanol–water partition coefficient (Wildman–Crippen LogP) is 4.59. The van der Waals surface area contributed by atoms with Gasteiger partial charge in [-0.25, -0.2) is 4.98 Å². The molecule has 0 aliphatic carbocycles. The van der Waals surface area contributed by atoms with Gasteiger partial charge in [0, 0.05) is 17.5 Å². The number of benzene rings is 1. The molecule has 2 heterocycles. The highest BCUT2D eigenvalue weighted by molar-refractivity contribution is 6.35. The molecular weight excluding hydrogens is 415 g/mol. The fourth-order valence-electron chi connectivity index (χ4n) is 2.58. The van der Waals surface area contributed by atoms with E-state index in [9.17, 15) is 8.78 Å². The van der Waals surface area contributed by atoms with Crippen LogP contribution < -0.4 is 0 Å². The Bertz CT molecular complexity index is 833. The first-order chi connectivity index (χ1) is 12.2. The van der Waals surface area contributed by atoms with Gasteiger partial charge in [0.15, 0.2) is 0 Å². The molecule has 0 bridgehead atoms. The molecule has 1 aromatic heterocycles. The molecule has 2 aromatic rings. The van der Waals surface area contributed by atoms with Crippen molar-refractivity contribution in [3.8, 4) is 0 Å². The molecule has 2 unspecified atom stereocenters. The maximum atomic E-state index is 13.5. The molecule has 0 saturated carbocycles. The second-order valence-corrected chi connectivity index (χ2v) is 6.82. The van der Waals surface area contributed by atoms with Gasteiger partial charge in [0.1, 0.15) is 18.8 Å². The van der Waals surface area contributed by atoms with Gasteiger partial charge < -0.3 is 14.2 Å². The summed E-state index contributed by atoms with van der Waals surface area (Å²) in [5.74, 6) is -2.75. The van der Waals surface area contributed by atoms with E-state index in [0.717, 1.165) is 0 Å². The number of nitrogens with one attached hydrogen (secondary N) is 1. The van der Waals surface area contributed by atoms with Gasteiger partial charge in [-0.1, -0.05) is 29.3 Å². The minimum Gasteiger partial charge on any atom is -0.433 e. The van der Waals surface area contributed by atoms with Crippen LogP contribution in [0.25, 0.3) is 0 Å². The van der Waals surface area contributed by atoms with Crippen LogP contribution in [0.5, 0.6) is 0 Å². The average molecular weight is 427 g/mol. The highest BCUT2D eigenvalue weighted by atomic mass is 35.5. The summed E-state index contributed by atoms with van der Waals surface area (Å²) >= 11 is 17.2. The van der Waals surface area contributed by atoms with Crippen LogP contribution in [0.4, 0.5) is 8.78 Å². The van der Waals surface area contributed by atoms with Crippen LogP contribution in [0.2, 0.25) is 10.0 Å². The highest BCUT2D eigenvalue weighted by Crippen LogP contribution is 2.45. The number of hydrogen-bond acceptors (Lipinski definition) is 5. The lowest BCUT2D eigenvalue weighted by Gasteiger charge is -2.31. The van der Waals surface area contributed by atoms with Gasteiger partial charge in [-0.2, -0.15) is 13.9 Å². The molecule has 26 heavy (non-hydrogen) atoms. The van der Waals surface area contributed by atoms with Gasteiger partial charge in [0.05, 0.1) is 11.4 Å². The number of halogens is 5. The van der Waals surface area contributed by atoms with Crippen molar-refractivity contribution < 1.29 is 23.0 Å². The lowest BCUT2D eigenvalue weighted by molar-refractivity contribution is -0.257. The molecule has 3 rings (SSSR count). The van der Waals surface area contributed by atoms with Crippen molar-refractivity contribution in [2.24, 2.45) is 0 Å². The quantitative estimate of drug-likeness (QED) is 0.708.